The molecule has 0 spiro atoms. The summed E-state index contributed by atoms with van der Waals surface area (Å²) < 4.78 is 6.41. The Bertz CT molecular complexity index is 780. The summed E-state index contributed by atoms with van der Waals surface area (Å²) in [7, 11) is 0. The van der Waals surface area contributed by atoms with Gasteiger partial charge in [-0.1, -0.05) is 24.3 Å². The molecule has 2 aromatic carbocycles. The highest BCUT2D eigenvalue weighted by atomic mass is 16.5. The van der Waals surface area contributed by atoms with Gasteiger partial charge in [-0.25, -0.2) is 0 Å². The van der Waals surface area contributed by atoms with Gasteiger partial charge in [0.2, 0.25) is 0 Å². The van der Waals surface area contributed by atoms with Gasteiger partial charge in [-0.2, -0.15) is 5.26 Å². The number of rotatable bonds is 3. The number of likely N-dealkylation sites (tertiary alicyclic amines) is 1. The first-order valence-electron chi connectivity index (χ1n) is 8.99. The first kappa shape index (κ1) is 16.1. The Labute approximate surface area is 148 Å². The molecule has 4 rings (SSSR count). The quantitative estimate of drug-likeness (QED) is 0.938. The Hall–Kier alpha value is -2.35. The zero-order valence-electron chi connectivity index (χ0n) is 14.3. The van der Waals surface area contributed by atoms with Gasteiger partial charge >= 0.3 is 0 Å². The third-order valence-corrected chi connectivity index (χ3v) is 5.34. The molecule has 0 amide bonds. The van der Waals surface area contributed by atoms with E-state index in [9.17, 15) is 0 Å². The smallest absolute Gasteiger partial charge is 0.140 e. The van der Waals surface area contributed by atoms with Crippen LogP contribution >= 0.6 is 0 Å². The topological polar surface area (TPSA) is 62.3 Å². The molecule has 1 aliphatic heterocycles. The highest BCUT2D eigenvalue weighted by molar-refractivity contribution is 5.39. The summed E-state index contributed by atoms with van der Waals surface area (Å²) in [6.07, 6.45) is 3.27. The monoisotopic (exact) mass is 333 g/mol. The number of nitrogens with two attached hydrogens (primary N) is 1. The van der Waals surface area contributed by atoms with Crippen LogP contribution in [0.25, 0.3) is 0 Å². The van der Waals surface area contributed by atoms with Gasteiger partial charge in [0, 0.05) is 12.6 Å². The fraction of sp³-hybridized carbons (Fsp3) is 0.381. The predicted octanol–water partition coefficient (Wildman–Crippen LogP) is 3.03. The lowest BCUT2D eigenvalue weighted by atomic mass is 10.0. The molecule has 4 heteroatoms. The van der Waals surface area contributed by atoms with E-state index in [2.05, 4.69) is 35.2 Å². The van der Waals surface area contributed by atoms with Gasteiger partial charge in [-0.3, -0.25) is 4.90 Å². The second-order valence-electron chi connectivity index (χ2n) is 7.04. The minimum Gasteiger partial charge on any atom is -0.484 e. The second kappa shape index (κ2) is 6.87. The van der Waals surface area contributed by atoms with Gasteiger partial charge in [0.1, 0.15) is 11.9 Å². The SMILES string of the molecule is N#Cc1ccc(O[C@@H]2c3ccccc3C[C@H]2N2CCC[C@H](N)C2)cc1. The molecule has 0 bridgehead atoms. The van der Waals surface area contributed by atoms with E-state index in [-0.39, 0.29) is 12.1 Å². The number of nitrogens with zero attached hydrogens (tertiary/aromatic N) is 2. The molecule has 2 aliphatic rings. The van der Waals surface area contributed by atoms with E-state index in [1.165, 1.54) is 11.1 Å². The minimum absolute atomic E-state index is 0.00874. The molecular weight excluding hydrogens is 310 g/mol. The van der Waals surface area contributed by atoms with Crippen LogP contribution in [0.3, 0.4) is 0 Å². The summed E-state index contributed by atoms with van der Waals surface area (Å²) in [4.78, 5) is 2.50. The Morgan fingerprint density at radius 2 is 1.92 bits per heavy atom. The summed E-state index contributed by atoms with van der Waals surface area (Å²) in [5, 5.41) is 8.97. The van der Waals surface area contributed by atoms with Crippen molar-refractivity contribution in [2.75, 3.05) is 13.1 Å². The van der Waals surface area contributed by atoms with E-state index >= 15 is 0 Å². The van der Waals surface area contributed by atoms with Crippen LogP contribution in [-0.4, -0.2) is 30.1 Å². The number of hydrogen-bond acceptors (Lipinski definition) is 4. The molecule has 2 N–H and O–H groups in total. The maximum absolute atomic E-state index is 8.97. The van der Waals surface area contributed by atoms with Gasteiger partial charge in [-0.05, 0) is 61.2 Å². The van der Waals surface area contributed by atoms with Gasteiger partial charge in [0.25, 0.3) is 0 Å². The van der Waals surface area contributed by atoms with E-state index < -0.39 is 0 Å². The van der Waals surface area contributed by atoms with Crippen molar-refractivity contribution in [3.05, 3.63) is 65.2 Å². The van der Waals surface area contributed by atoms with Crippen LogP contribution < -0.4 is 10.5 Å². The predicted molar refractivity (Wildman–Crippen MR) is 97.2 cm³/mol. The average Bonchev–Trinajstić information content (AvgIpc) is 3.01. The van der Waals surface area contributed by atoms with E-state index in [1.807, 2.05) is 24.3 Å². The van der Waals surface area contributed by atoms with Crippen LogP contribution in [0, 0.1) is 11.3 Å². The van der Waals surface area contributed by atoms with Crippen LogP contribution in [0.1, 0.15) is 35.6 Å². The van der Waals surface area contributed by atoms with Crippen molar-refractivity contribution in [1.29, 1.82) is 5.26 Å². The van der Waals surface area contributed by atoms with Gasteiger partial charge in [0.05, 0.1) is 17.7 Å². The lowest BCUT2D eigenvalue weighted by molar-refractivity contribution is 0.0593. The van der Waals surface area contributed by atoms with Crippen molar-refractivity contribution < 1.29 is 4.74 Å². The first-order valence-corrected chi connectivity index (χ1v) is 8.99. The van der Waals surface area contributed by atoms with Crippen LogP contribution in [-0.2, 0) is 6.42 Å². The van der Waals surface area contributed by atoms with Crippen molar-refractivity contribution >= 4 is 0 Å². The van der Waals surface area contributed by atoms with E-state index in [1.54, 1.807) is 0 Å². The number of nitriles is 1. The number of piperidine rings is 1. The summed E-state index contributed by atoms with van der Waals surface area (Å²) in [5.74, 6) is 0.812. The largest absolute Gasteiger partial charge is 0.484 e. The molecule has 25 heavy (non-hydrogen) atoms. The fourth-order valence-electron chi connectivity index (χ4n) is 4.10. The summed E-state index contributed by atoms with van der Waals surface area (Å²) in [6, 6.07) is 18.7. The van der Waals surface area contributed by atoms with Gasteiger partial charge < -0.3 is 10.5 Å². The maximum atomic E-state index is 8.97. The highest BCUT2D eigenvalue weighted by Gasteiger charge is 2.39. The molecule has 0 saturated carbocycles. The normalized spacial score (nSPS) is 26.0. The second-order valence-corrected chi connectivity index (χ2v) is 7.04. The molecule has 128 valence electrons. The molecule has 0 unspecified atom stereocenters. The lowest BCUT2D eigenvalue weighted by Crippen LogP contribution is -2.49. The molecule has 1 saturated heterocycles. The van der Waals surface area contributed by atoms with Crippen molar-refractivity contribution in [2.24, 2.45) is 5.73 Å². The first-order chi connectivity index (χ1) is 12.2. The van der Waals surface area contributed by atoms with Crippen molar-refractivity contribution in [1.82, 2.24) is 4.90 Å². The average molecular weight is 333 g/mol. The molecule has 1 fully saturated rings. The Kier molecular flexibility index (Phi) is 4.44. The molecule has 0 aromatic heterocycles. The summed E-state index contributed by atoms with van der Waals surface area (Å²) in [5.41, 5.74) is 9.51. The third kappa shape index (κ3) is 3.26. The van der Waals surface area contributed by atoms with E-state index in [4.69, 9.17) is 15.7 Å². The van der Waals surface area contributed by atoms with Crippen molar-refractivity contribution in [3.8, 4) is 11.8 Å². The standard InChI is InChI=1S/C21H23N3O/c22-13-15-7-9-18(10-8-15)25-21-19-6-2-1-4-16(19)12-20(21)24-11-3-5-17(23)14-24/h1-2,4,6-10,17,20-21H,3,5,11-12,14,23H2/t17-,20+,21+/m0/s1. The van der Waals surface area contributed by atoms with Crippen molar-refractivity contribution in [2.45, 2.75) is 37.5 Å². The number of hydrogen-bond donors (Lipinski definition) is 1. The van der Waals surface area contributed by atoms with Crippen LogP contribution in [0.2, 0.25) is 0 Å². The van der Waals surface area contributed by atoms with Crippen LogP contribution in [0.5, 0.6) is 5.75 Å². The lowest BCUT2D eigenvalue weighted by Gasteiger charge is -2.38. The maximum Gasteiger partial charge on any atom is 0.140 e. The van der Waals surface area contributed by atoms with Crippen LogP contribution in [0.15, 0.2) is 48.5 Å². The molecule has 3 atom stereocenters. The highest BCUT2D eigenvalue weighted by Crippen LogP contribution is 2.38. The number of benzene rings is 2. The Morgan fingerprint density at radius 3 is 2.68 bits per heavy atom. The molecular formula is C21H23N3O. The fourth-order valence-corrected chi connectivity index (χ4v) is 4.10. The summed E-state index contributed by atoms with van der Waals surface area (Å²) in [6.45, 7) is 2.02. The summed E-state index contributed by atoms with van der Waals surface area (Å²) >= 11 is 0. The van der Waals surface area contributed by atoms with Crippen LogP contribution in [0.4, 0.5) is 0 Å². The van der Waals surface area contributed by atoms with Crippen molar-refractivity contribution in [3.63, 3.8) is 0 Å². The molecule has 0 radical (unpaired) electrons. The third-order valence-electron chi connectivity index (χ3n) is 5.34. The molecule has 2 aromatic rings. The van der Waals surface area contributed by atoms with Gasteiger partial charge in [0.15, 0.2) is 0 Å². The minimum atomic E-state index is 0.00874. The Morgan fingerprint density at radius 1 is 1.12 bits per heavy atom. The zero-order valence-corrected chi connectivity index (χ0v) is 14.3. The van der Waals surface area contributed by atoms with E-state index in [0.29, 0.717) is 11.6 Å². The zero-order chi connectivity index (χ0) is 17.2. The molecule has 4 nitrogen and oxygen atoms in total. The van der Waals surface area contributed by atoms with Gasteiger partial charge in [-0.15, -0.1) is 0 Å². The molecule has 1 aliphatic carbocycles. The number of fused-ring (bicyclic) bond motifs is 1. The van der Waals surface area contributed by atoms with E-state index in [0.717, 1.165) is 38.1 Å². The number of ether oxygens (including phenoxy) is 1. The Balaban J connectivity index is 1.61. The molecule has 1 heterocycles.